The zero-order valence-corrected chi connectivity index (χ0v) is 12.5. The smallest absolute Gasteiger partial charge is 0.255 e. The van der Waals surface area contributed by atoms with Crippen molar-refractivity contribution in [3.8, 4) is 0 Å². The van der Waals surface area contributed by atoms with E-state index in [1.54, 1.807) is 12.1 Å². The summed E-state index contributed by atoms with van der Waals surface area (Å²) in [6.07, 6.45) is 0.970. The summed E-state index contributed by atoms with van der Waals surface area (Å²) in [7, 11) is 0. The van der Waals surface area contributed by atoms with Crippen LogP contribution in [0.1, 0.15) is 23.7 Å². The molecule has 98 valence electrons. The Balaban J connectivity index is 2.13. The standard InChI is InChI=1S/C13H16BrClN2O/c1-8(16)9-4-5-17(7-9)13(18)11-3-2-10(14)6-12(11)15/h2-3,6,8-9H,4-5,7,16H2,1H3. The van der Waals surface area contributed by atoms with Crippen LogP contribution in [0.25, 0.3) is 0 Å². The molecule has 1 aromatic rings. The van der Waals surface area contributed by atoms with Crippen molar-refractivity contribution in [1.29, 1.82) is 0 Å². The van der Waals surface area contributed by atoms with Gasteiger partial charge in [-0.15, -0.1) is 0 Å². The minimum Gasteiger partial charge on any atom is -0.338 e. The van der Waals surface area contributed by atoms with Crippen LogP contribution >= 0.6 is 27.5 Å². The van der Waals surface area contributed by atoms with Crippen LogP contribution < -0.4 is 5.73 Å². The molecule has 5 heteroatoms. The molecule has 0 saturated carbocycles. The van der Waals surface area contributed by atoms with Crippen LogP contribution in [0.3, 0.4) is 0 Å². The van der Waals surface area contributed by atoms with Crippen molar-refractivity contribution in [3.63, 3.8) is 0 Å². The molecule has 1 heterocycles. The molecule has 18 heavy (non-hydrogen) atoms. The van der Waals surface area contributed by atoms with Crippen molar-refractivity contribution >= 4 is 33.4 Å². The number of hydrogen-bond acceptors (Lipinski definition) is 2. The molecule has 0 bridgehead atoms. The van der Waals surface area contributed by atoms with Crippen molar-refractivity contribution in [3.05, 3.63) is 33.3 Å². The third kappa shape index (κ3) is 2.87. The first-order valence-electron chi connectivity index (χ1n) is 5.99. The average molecular weight is 332 g/mol. The Morgan fingerprint density at radius 3 is 2.89 bits per heavy atom. The fraction of sp³-hybridized carbons (Fsp3) is 0.462. The summed E-state index contributed by atoms with van der Waals surface area (Å²) < 4.78 is 0.874. The van der Waals surface area contributed by atoms with Crippen LogP contribution in [0.4, 0.5) is 0 Å². The van der Waals surface area contributed by atoms with E-state index in [1.165, 1.54) is 0 Å². The molecule has 1 aliphatic heterocycles. The molecule has 2 N–H and O–H groups in total. The van der Waals surface area contributed by atoms with Gasteiger partial charge in [0.25, 0.3) is 5.91 Å². The highest BCUT2D eigenvalue weighted by Gasteiger charge is 2.29. The molecule has 1 aromatic carbocycles. The molecule has 1 saturated heterocycles. The first-order valence-corrected chi connectivity index (χ1v) is 7.16. The van der Waals surface area contributed by atoms with E-state index in [1.807, 2.05) is 17.9 Å². The zero-order valence-electron chi connectivity index (χ0n) is 10.2. The van der Waals surface area contributed by atoms with Gasteiger partial charge in [0.05, 0.1) is 10.6 Å². The number of halogens is 2. The lowest BCUT2D eigenvalue weighted by atomic mass is 10.0. The molecule has 3 nitrogen and oxygen atoms in total. The maximum atomic E-state index is 12.3. The zero-order chi connectivity index (χ0) is 13.3. The van der Waals surface area contributed by atoms with E-state index in [9.17, 15) is 4.79 Å². The van der Waals surface area contributed by atoms with Crippen LogP contribution in [0.2, 0.25) is 5.02 Å². The van der Waals surface area contributed by atoms with Crippen LogP contribution in [0.5, 0.6) is 0 Å². The van der Waals surface area contributed by atoms with Gasteiger partial charge >= 0.3 is 0 Å². The Morgan fingerprint density at radius 1 is 1.61 bits per heavy atom. The second-order valence-electron chi connectivity index (χ2n) is 4.78. The third-order valence-electron chi connectivity index (χ3n) is 3.42. The maximum absolute atomic E-state index is 12.3. The molecule has 2 rings (SSSR count). The summed E-state index contributed by atoms with van der Waals surface area (Å²) >= 11 is 9.43. The molecule has 1 fully saturated rings. The Hall–Kier alpha value is -0.580. The van der Waals surface area contributed by atoms with Crippen LogP contribution in [-0.2, 0) is 0 Å². The van der Waals surface area contributed by atoms with E-state index in [2.05, 4.69) is 15.9 Å². The average Bonchev–Trinajstić information content (AvgIpc) is 2.77. The molecule has 0 radical (unpaired) electrons. The molecular weight excluding hydrogens is 316 g/mol. The molecule has 0 aliphatic carbocycles. The minimum atomic E-state index is -0.00403. The number of rotatable bonds is 2. The molecule has 0 aromatic heterocycles. The first-order chi connectivity index (χ1) is 8.49. The predicted octanol–water partition coefficient (Wildman–Crippen LogP) is 2.91. The summed E-state index contributed by atoms with van der Waals surface area (Å²) in [6, 6.07) is 5.46. The van der Waals surface area contributed by atoms with E-state index in [-0.39, 0.29) is 11.9 Å². The third-order valence-corrected chi connectivity index (χ3v) is 4.22. The number of hydrogen-bond donors (Lipinski definition) is 1. The number of amides is 1. The number of benzene rings is 1. The van der Waals surface area contributed by atoms with Gasteiger partial charge in [0.1, 0.15) is 0 Å². The minimum absolute atomic E-state index is 0.00403. The summed E-state index contributed by atoms with van der Waals surface area (Å²) in [6.45, 7) is 3.48. The van der Waals surface area contributed by atoms with Gasteiger partial charge in [-0.3, -0.25) is 4.79 Å². The highest BCUT2D eigenvalue weighted by molar-refractivity contribution is 9.10. The van der Waals surface area contributed by atoms with E-state index in [0.29, 0.717) is 16.5 Å². The Kier molecular flexibility index (Phi) is 4.30. The lowest BCUT2D eigenvalue weighted by molar-refractivity contribution is 0.0786. The Labute approximate surface area is 120 Å². The van der Waals surface area contributed by atoms with E-state index < -0.39 is 0 Å². The van der Waals surface area contributed by atoms with Crippen molar-refractivity contribution in [2.24, 2.45) is 11.7 Å². The van der Waals surface area contributed by atoms with Gasteiger partial charge in [-0.25, -0.2) is 0 Å². The molecular formula is C13H16BrClN2O. The van der Waals surface area contributed by atoms with Gasteiger partial charge in [-0.05, 0) is 37.5 Å². The largest absolute Gasteiger partial charge is 0.338 e. The van der Waals surface area contributed by atoms with E-state index >= 15 is 0 Å². The van der Waals surface area contributed by atoms with Crippen molar-refractivity contribution in [1.82, 2.24) is 4.90 Å². The van der Waals surface area contributed by atoms with E-state index in [4.69, 9.17) is 17.3 Å². The molecule has 1 aliphatic rings. The number of likely N-dealkylation sites (tertiary alicyclic amines) is 1. The second-order valence-corrected chi connectivity index (χ2v) is 6.11. The summed E-state index contributed by atoms with van der Waals surface area (Å²) in [4.78, 5) is 14.2. The molecule has 2 unspecified atom stereocenters. The maximum Gasteiger partial charge on any atom is 0.255 e. The quantitative estimate of drug-likeness (QED) is 0.905. The lowest BCUT2D eigenvalue weighted by Crippen LogP contribution is -2.33. The number of carbonyl (C=O) groups excluding carboxylic acids is 1. The monoisotopic (exact) mass is 330 g/mol. The van der Waals surface area contributed by atoms with Crippen molar-refractivity contribution < 1.29 is 4.79 Å². The van der Waals surface area contributed by atoms with Gasteiger partial charge in [-0.1, -0.05) is 27.5 Å². The van der Waals surface area contributed by atoms with Gasteiger partial charge in [0.15, 0.2) is 0 Å². The fourth-order valence-corrected chi connectivity index (χ4v) is 2.99. The van der Waals surface area contributed by atoms with Crippen LogP contribution in [0, 0.1) is 5.92 Å². The number of nitrogens with zero attached hydrogens (tertiary/aromatic N) is 1. The highest BCUT2D eigenvalue weighted by Crippen LogP contribution is 2.26. The second kappa shape index (κ2) is 5.59. The fourth-order valence-electron chi connectivity index (χ4n) is 2.23. The highest BCUT2D eigenvalue weighted by atomic mass is 79.9. The van der Waals surface area contributed by atoms with Crippen LogP contribution in [-0.4, -0.2) is 29.9 Å². The lowest BCUT2D eigenvalue weighted by Gasteiger charge is -2.18. The normalized spacial score (nSPS) is 21.1. The SMILES string of the molecule is CC(N)C1CCN(C(=O)c2ccc(Br)cc2Cl)C1. The molecule has 0 spiro atoms. The summed E-state index contributed by atoms with van der Waals surface area (Å²) in [5.74, 6) is 0.388. The Morgan fingerprint density at radius 2 is 2.33 bits per heavy atom. The summed E-state index contributed by atoms with van der Waals surface area (Å²) in [5, 5.41) is 0.485. The topological polar surface area (TPSA) is 46.3 Å². The predicted molar refractivity (Wildman–Crippen MR) is 76.8 cm³/mol. The van der Waals surface area contributed by atoms with Gasteiger partial charge < -0.3 is 10.6 Å². The van der Waals surface area contributed by atoms with Gasteiger partial charge in [0, 0.05) is 23.6 Å². The molecule has 2 atom stereocenters. The molecule has 1 amide bonds. The number of nitrogens with two attached hydrogens (primary N) is 1. The van der Waals surface area contributed by atoms with Crippen LogP contribution in [0.15, 0.2) is 22.7 Å². The van der Waals surface area contributed by atoms with E-state index in [0.717, 1.165) is 24.0 Å². The van der Waals surface area contributed by atoms with Gasteiger partial charge in [-0.2, -0.15) is 0 Å². The van der Waals surface area contributed by atoms with Crippen molar-refractivity contribution in [2.75, 3.05) is 13.1 Å². The first kappa shape index (κ1) is 13.8. The summed E-state index contributed by atoms with van der Waals surface area (Å²) in [5.41, 5.74) is 6.44. The van der Waals surface area contributed by atoms with Gasteiger partial charge in [0.2, 0.25) is 0 Å². The Bertz CT molecular complexity index is 464. The number of carbonyl (C=O) groups is 1. The van der Waals surface area contributed by atoms with Crippen molar-refractivity contribution in [2.45, 2.75) is 19.4 Å².